The van der Waals surface area contributed by atoms with Crippen molar-refractivity contribution in [2.75, 3.05) is 0 Å². The van der Waals surface area contributed by atoms with Gasteiger partial charge in [-0.2, -0.15) is 0 Å². The largest absolute Gasteiger partial charge is 0.391 e. The Kier molecular flexibility index (Phi) is 4.11. The molecule has 1 rings (SSSR count). The molecular formula is C12H19NO. The van der Waals surface area contributed by atoms with E-state index in [1.54, 1.807) is 0 Å². The summed E-state index contributed by atoms with van der Waals surface area (Å²) in [6.07, 6.45) is 0.348. The minimum atomic E-state index is -0.456. The maximum atomic E-state index is 9.91. The first-order chi connectivity index (χ1) is 6.66. The van der Waals surface area contributed by atoms with Gasteiger partial charge in [0.25, 0.3) is 0 Å². The van der Waals surface area contributed by atoms with Gasteiger partial charge in [-0.1, -0.05) is 44.2 Å². The maximum Gasteiger partial charge on any atom is 0.0756 e. The molecule has 0 aromatic heterocycles. The Labute approximate surface area is 85.8 Å². The van der Waals surface area contributed by atoms with E-state index in [1.807, 2.05) is 44.2 Å². The van der Waals surface area contributed by atoms with Gasteiger partial charge in [0.05, 0.1) is 6.10 Å². The zero-order valence-corrected chi connectivity index (χ0v) is 8.85. The van der Waals surface area contributed by atoms with Crippen molar-refractivity contribution in [2.24, 2.45) is 5.73 Å². The fourth-order valence-electron chi connectivity index (χ4n) is 1.57. The summed E-state index contributed by atoms with van der Waals surface area (Å²) >= 11 is 0. The van der Waals surface area contributed by atoms with Crippen molar-refractivity contribution >= 4 is 0 Å². The minimum absolute atomic E-state index is 0.103. The highest BCUT2D eigenvalue weighted by molar-refractivity contribution is 5.20. The van der Waals surface area contributed by atoms with Crippen molar-refractivity contribution < 1.29 is 5.11 Å². The van der Waals surface area contributed by atoms with Gasteiger partial charge >= 0.3 is 0 Å². The van der Waals surface area contributed by atoms with Crippen LogP contribution in [0.15, 0.2) is 30.3 Å². The Balaban J connectivity index is 2.70. The quantitative estimate of drug-likeness (QED) is 0.767. The fourth-order valence-corrected chi connectivity index (χ4v) is 1.57. The molecule has 0 heterocycles. The SMILES string of the molecule is CCC(N)C(O)C(C)c1ccccc1. The van der Waals surface area contributed by atoms with Gasteiger partial charge in [-0.25, -0.2) is 0 Å². The molecule has 3 atom stereocenters. The van der Waals surface area contributed by atoms with Crippen LogP contribution in [0, 0.1) is 0 Å². The van der Waals surface area contributed by atoms with Crippen LogP contribution in [0.1, 0.15) is 31.7 Å². The Hall–Kier alpha value is -0.860. The number of hydrogen-bond acceptors (Lipinski definition) is 2. The highest BCUT2D eigenvalue weighted by atomic mass is 16.3. The molecule has 0 fully saturated rings. The Morgan fingerprint density at radius 1 is 1.29 bits per heavy atom. The molecule has 0 saturated carbocycles. The van der Waals surface area contributed by atoms with E-state index in [9.17, 15) is 5.11 Å². The summed E-state index contributed by atoms with van der Waals surface area (Å²) in [6.45, 7) is 4.00. The van der Waals surface area contributed by atoms with Crippen LogP contribution in [-0.2, 0) is 0 Å². The summed E-state index contributed by atoms with van der Waals surface area (Å²) in [4.78, 5) is 0. The lowest BCUT2D eigenvalue weighted by molar-refractivity contribution is 0.119. The van der Waals surface area contributed by atoms with Gasteiger partial charge in [0.2, 0.25) is 0 Å². The van der Waals surface area contributed by atoms with Crippen LogP contribution in [0.2, 0.25) is 0 Å². The van der Waals surface area contributed by atoms with Crippen molar-refractivity contribution in [3.63, 3.8) is 0 Å². The first-order valence-electron chi connectivity index (χ1n) is 5.15. The zero-order valence-electron chi connectivity index (χ0n) is 8.85. The zero-order chi connectivity index (χ0) is 10.6. The monoisotopic (exact) mass is 193 g/mol. The number of hydrogen-bond donors (Lipinski definition) is 2. The van der Waals surface area contributed by atoms with Gasteiger partial charge in [-0.05, 0) is 12.0 Å². The second-order valence-electron chi connectivity index (χ2n) is 3.76. The smallest absolute Gasteiger partial charge is 0.0756 e. The second-order valence-corrected chi connectivity index (χ2v) is 3.76. The van der Waals surface area contributed by atoms with E-state index < -0.39 is 6.10 Å². The van der Waals surface area contributed by atoms with E-state index in [-0.39, 0.29) is 12.0 Å². The first kappa shape index (κ1) is 11.2. The molecule has 14 heavy (non-hydrogen) atoms. The molecule has 0 amide bonds. The first-order valence-corrected chi connectivity index (χ1v) is 5.15. The van der Waals surface area contributed by atoms with E-state index in [4.69, 9.17) is 5.73 Å². The molecule has 0 saturated heterocycles. The molecule has 2 heteroatoms. The molecule has 0 bridgehead atoms. The van der Waals surface area contributed by atoms with Crippen LogP contribution >= 0.6 is 0 Å². The molecule has 0 spiro atoms. The standard InChI is InChI=1S/C12H19NO/c1-3-11(13)12(14)9(2)10-7-5-4-6-8-10/h4-9,11-12,14H,3,13H2,1-2H3. The molecule has 0 aliphatic heterocycles. The van der Waals surface area contributed by atoms with E-state index >= 15 is 0 Å². The van der Waals surface area contributed by atoms with Gasteiger partial charge in [-0.3, -0.25) is 0 Å². The summed E-state index contributed by atoms with van der Waals surface area (Å²) in [5, 5.41) is 9.91. The van der Waals surface area contributed by atoms with Crippen LogP contribution in [0.4, 0.5) is 0 Å². The Morgan fingerprint density at radius 2 is 1.86 bits per heavy atom. The highest BCUT2D eigenvalue weighted by Gasteiger charge is 2.21. The van der Waals surface area contributed by atoms with Gasteiger partial charge in [0.15, 0.2) is 0 Å². The van der Waals surface area contributed by atoms with Crippen LogP contribution in [0.5, 0.6) is 0 Å². The third-order valence-electron chi connectivity index (χ3n) is 2.75. The summed E-state index contributed by atoms with van der Waals surface area (Å²) in [5.74, 6) is 0.103. The normalized spacial score (nSPS) is 17.4. The Morgan fingerprint density at radius 3 is 2.36 bits per heavy atom. The molecular weight excluding hydrogens is 174 g/mol. The lowest BCUT2D eigenvalue weighted by Gasteiger charge is -2.24. The lowest BCUT2D eigenvalue weighted by Crippen LogP contribution is -2.37. The molecule has 1 aromatic rings. The number of rotatable bonds is 4. The molecule has 0 aliphatic carbocycles. The molecule has 0 radical (unpaired) electrons. The summed E-state index contributed by atoms with van der Waals surface area (Å²) in [5.41, 5.74) is 6.95. The van der Waals surface area contributed by atoms with Gasteiger partial charge in [-0.15, -0.1) is 0 Å². The number of aliphatic hydroxyl groups is 1. The minimum Gasteiger partial charge on any atom is -0.391 e. The number of benzene rings is 1. The number of nitrogens with two attached hydrogens (primary N) is 1. The third kappa shape index (κ3) is 2.56. The Bertz CT molecular complexity index is 260. The number of aliphatic hydroxyl groups excluding tert-OH is 1. The molecule has 3 unspecified atom stereocenters. The highest BCUT2D eigenvalue weighted by Crippen LogP contribution is 2.20. The predicted octanol–water partition coefficient (Wildman–Crippen LogP) is 1.89. The molecule has 78 valence electrons. The van der Waals surface area contributed by atoms with Crippen molar-refractivity contribution in [1.29, 1.82) is 0 Å². The average molecular weight is 193 g/mol. The second kappa shape index (κ2) is 5.13. The van der Waals surface area contributed by atoms with Crippen LogP contribution in [-0.4, -0.2) is 17.3 Å². The third-order valence-corrected chi connectivity index (χ3v) is 2.75. The van der Waals surface area contributed by atoms with Gasteiger partial charge in [0, 0.05) is 12.0 Å². The van der Waals surface area contributed by atoms with Gasteiger partial charge in [0.1, 0.15) is 0 Å². The summed E-state index contributed by atoms with van der Waals surface area (Å²) in [7, 11) is 0. The van der Waals surface area contributed by atoms with E-state index in [1.165, 1.54) is 0 Å². The lowest BCUT2D eigenvalue weighted by atomic mass is 9.90. The maximum absolute atomic E-state index is 9.91. The topological polar surface area (TPSA) is 46.2 Å². The van der Waals surface area contributed by atoms with Crippen molar-refractivity contribution in [3.8, 4) is 0 Å². The predicted molar refractivity (Wildman–Crippen MR) is 59.1 cm³/mol. The van der Waals surface area contributed by atoms with E-state index in [2.05, 4.69) is 0 Å². The van der Waals surface area contributed by atoms with Gasteiger partial charge < -0.3 is 10.8 Å². The van der Waals surface area contributed by atoms with Crippen molar-refractivity contribution in [2.45, 2.75) is 38.3 Å². The van der Waals surface area contributed by atoms with Crippen molar-refractivity contribution in [3.05, 3.63) is 35.9 Å². The fraction of sp³-hybridized carbons (Fsp3) is 0.500. The average Bonchev–Trinajstić information content (AvgIpc) is 2.27. The molecule has 3 N–H and O–H groups in total. The van der Waals surface area contributed by atoms with E-state index in [0.29, 0.717) is 0 Å². The van der Waals surface area contributed by atoms with Crippen LogP contribution < -0.4 is 5.73 Å². The summed E-state index contributed by atoms with van der Waals surface area (Å²) in [6, 6.07) is 9.85. The van der Waals surface area contributed by atoms with Crippen LogP contribution in [0.3, 0.4) is 0 Å². The molecule has 0 aliphatic rings. The van der Waals surface area contributed by atoms with Crippen LogP contribution in [0.25, 0.3) is 0 Å². The van der Waals surface area contributed by atoms with Crippen molar-refractivity contribution in [1.82, 2.24) is 0 Å². The van der Waals surface area contributed by atoms with E-state index in [0.717, 1.165) is 12.0 Å². The molecule has 2 nitrogen and oxygen atoms in total. The molecule has 1 aromatic carbocycles. The summed E-state index contributed by atoms with van der Waals surface area (Å²) < 4.78 is 0.